The molecule has 0 radical (unpaired) electrons. The predicted octanol–water partition coefficient (Wildman–Crippen LogP) is 10.2. The van der Waals surface area contributed by atoms with E-state index >= 15 is 0 Å². The van der Waals surface area contributed by atoms with Crippen molar-refractivity contribution < 1.29 is 18.4 Å². The van der Waals surface area contributed by atoms with Gasteiger partial charge in [0, 0.05) is 12.3 Å². The van der Waals surface area contributed by atoms with E-state index in [1.165, 1.54) is 32.8 Å². The van der Waals surface area contributed by atoms with Crippen LogP contribution in [-0.4, -0.2) is 41.9 Å². The highest BCUT2D eigenvalue weighted by Crippen LogP contribution is 2.47. The highest BCUT2D eigenvalue weighted by atomic mass is 28.4. The molecule has 0 N–H and O–H groups in total. The summed E-state index contributed by atoms with van der Waals surface area (Å²) in [6.07, 6.45) is 20.4. The first-order chi connectivity index (χ1) is 18.0. The summed E-state index contributed by atoms with van der Waals surface area (Å²) in [7, 11) is -2.42. The molecule has 4 atom stereocenters. The lowest BCUT2D eigenvalue weighted by molar-refractivity contribution is -0.140. The largest absolute Gasteiger partial charge is 0.469 e. The van der Waals surface area contributed by atoms with Crippen molar-refractivity contribution in [1.82, 2.24) is 0 Å². The van der Waals surface area contributed by atoms with Gasteiger partial charge in [0.2, 0.25) is 0 Å². The lowest BCUT2D eigenvalue weighted by Gasteiger charge is -2.40. The second-order valence-corrected chi connectivity index (χ2v) is 24.3. The summed E-state index contributed by atoms with van der Waals surface area (Å²) in [6, 6.07) is 0. The Morgan fingerprint density at radius 1 is 0.795 bits per heavy atom. The number of hydrogen-bond acceptors (Lipinski definition) is 4. The van der Waals surface area contributed by atoms with Crippen LogP contribution in [0.5, 0.6) is 0 Å². The van der Waals surface area contributed by atoms with Crippen molar-refractivity contribution in [2.24, 2.45) is 11.8 Å². The molecule has 0 amide bonds. The van der Waals surface area contributed by atoms with E-state index in [4.69, 9.17) is 13.6 Å². The molecule has 39 heavy (non-hydrogen) atoms. The van der Waals surface area contributed by atoms with Crippen LogP contribution < -0.4 is 0 Å². The molecule has 1 saturated carbocycles. The van der Waals surface area contributed by atoms with E-state index < -0.39 is 16.6 Å². The number of allylic oxidation sites excluding steroid dienone is 3. The highest BCUT2D eigenvalue weighted by Gasteiger charge is 2.50. The smallest absolute Gasteiger partial charge is 0.305 e. The van der Waals surface area contributed by atoms with Gasteiger partial charge in [0.05, 0.1) is 19.3 Å². The van der Waals surface area contributed by atoms with Crippen LogP contribution in [-0.2, 0) is 18.4 Å². The predicted molar refractivity (Wildman–Crippen MR) is 173 cm³/mol. The first-order valence-electron chi connectivity index (χ1n) is 15.7. The third-order valence-corrected chi connectivity index (χ3v) is 18.5. The van der Waals surface area contributed by atoms with Gasteiger partial charge in [-0.2, -0.15) is 0 Å². The molecular formula is C33H64O4Si2. The van der Waals surface area contributed by atoms with Crippen molar-refractivity contribution in [3.63, 3.8) is 0 Å². The number of carbonyl (C=O) groups is 1. The van der Waals surface area contributed by atoms with Crippen molar-refractivity contribution in [1.29, 1.82) is 0 Å². The molecule has 0 bridgehead atoms. The molecule has 6 heteroatoms. The summed E-state index contributed by atoms with van der Waals surface area (Å²) in [5, 5.41) is 0.346. The van der Waals surface area contributed by atoms with Crippen LogP contribution in [0.2, 0.25) is 36.3 Å². The maximum absolute atomic E-state index is 11.5. The fourth-order valence-corrected chi connectivity index (χ4v) is 7.56. The van der Waals surface area contributed by atoms with Gasteiger partial charge in [0.25, 0.3) is 0 Å². The minimum absolute atomic E-state index is 0.128. The summed E-state index contributed by atoms with van der Waals surface area (Å²) < 4.78 is 19.1. The van der Waals surface area contributed by atoms with Crippen LogP contribution in [0.25, 0.3) is 0 Å². The molecule has 1 aliphatic carbocycles. The number of hydrogen-bond donors (Lipinski definition) is 0. The fraction of sp³-hybridized carbons (Fsp3) is 0.848. The molecule has 0 aromatic carbocycles. The molecule has 0 heterocycles. The topological polar surface area (TPSA) is 44.8 Å². The monoisotopic (exact) mass is 580 g/mol. The minimum Gasteiger partial charge on any atom is -0.469 e. The fourth-order valence-electron chi connectivity index (χ4n) is 4.81. The second kappa shape index (κ2) is 16.1. The Bertz CT molecular complexity index is 774. The Morgan fingerprint density at radius 2 is 1.36 bits per heavy atom. The number of methoxy groups -OCH3 is 1. The SMILES string of the molecule is CCCCCC/C=C/[C@@H]1[C@@H](C/C=C/CCCC(=O)OC)[C@@H](O[Si](C)(C)C(C)(C)C)C[C@H]1O[Si](C)(C)C(C)(C)C. The molecular weight excluding hydrogens is 517 g/mol. The van der Waals surface area contributed by atoms with Crippen LogP contribution in [0.4, 0.5) is 0 Å². The Hall–Kier alpha value is -0.696. The first-order valence-corrected chi connectivity index (χ1v) is 21.5. The molecule has 0 aromatic heterocycles. The van der Waals surface area contributed by atoms with Crippen LogP contribution >= 0.6 is 0 Å². The maximum atomic E-state index is 11.5. The Labute approximate surface area is 245 Å². The molecule has 1 fully saturated rings. The van der Waals surface area contributed by atoms with E-state index in [-0.39, 0.29) is 28.3 Å². The van der Waals surface area contributed by atoms with E-state index in [0.29, 0.717) is 18.3 Å². The second-order valence-electron chi connectivity index (χ2n) is 14.8. The lowest BCUT2D eigenvalue weighted by Crippen LogP contribution is -2.45. The van der Waals surface area contributed by atoms with Crippen molar-refractivity contribution in [3.8, 4) is 0 Å². The van der Waals surface area contributed by atoms with Crippen molar-refractivity contribution >= 4 is 22.6 Å². The molecule has 4 nitrogen and oxygen atoms in total. The van der Waals surface area contributed by atoms with E-state index in [0.717, 1.165) is 32.1 Å². The first kappa shape index (κ1) is 36.3. The average molecular weight is 581 g/mol. The molecule has 0 spiro atoms. The van der Waals surface area contributed by atoms with Crippen LogP contribution in [0.3, 0.4) is 0 Å². The van der Waals surface area contributed by atoms with Crippen LogP contribution in [0.1, 0.15) is 113 Å². The van der Waals surface area contributed by atoms with E-state index in [1.807, 2.05) is 0 Å². The summed E-state index contributed by atoms with van der Waals surface area (Å²) in [5.74, 6) is 0.634. The Morgan fingerprint density at radius 3 is 1.90 bits per heavy atom. The normalized spacial score (nSPS) is 23.3. The van der Waals surface area contributed by atoms with Crippen molar-refractivity contribution in [2.75, 3.05) is 7.11 Å². The molecule has 0 aliphatic heterocycles. The molecule has 0 unspecified atom stereocenters. The standard InChI is InChI=1S/C33H64O4Si2/c1-13-14-15-16-17-20-23-27-28(24-21-18-19-22-25-31(34)35-8)30(37-39(11,12)33(5,6)7)26-29(27)36-38(9,10)32(2,3)4/h18,20-21,23,27-30H,13-17,19,22,24-26H2,1-12H3/b21-18+,23-20+/t27-,28-,29-,30+/m1/s1. The van der Waals surface area contributed by atoms with E-state index in [1.54, 1.807) is 0 Å². The van der Waals surface area contributed by atoms with Gasteiger partial charge in [0.15, 0.2) is 16.6 Å². The van der Waals surface area contributed by atoms with Crippen molar-refractivity contribution in [3.05, 3.63) is 24.3 Å². The van der Waals surface area contributed by atoms with Gasteiger partial charge in [-0.15, -0.1) is 0 Å². The summed E-state index contributed by atoms with van der Waals surface area (Å²) in [6.45, 7) is 25.8. The summed E-state index contributed by atoms with van der Waals surface area (Å²) in [4.78, 5) is 11.5. The summed E-state index contributed by atoms with van der Waals surface area (Å²) in [5.41, 5.74) is 0. The maximum Gasteiger partial charge on any atom is 0.305 e. The number of esters is 1. The lowest BCUT2D eigenvalue weighted by atomic mass is 9.89. The van der Waals surface area contributed by atoms with Crippen molar-refractivity contribution in [2.45, 2.75) is 161 Å². The zero-order valence-electron chi connectivity index (χ0n) is 27.8. The van der Waals surface area contributed by atoms with Crippen LogP contribution in [0.15, 0.2) is 24.3 Å². The molecule has 0 saturated heterocycles. The van der Waals surface area contributed by atoms with Gasteiger partial charge < -0.3 is 13.6 Å². The minimum atomic E-state index is -1.94. The van der Waals surface area contributed by atoms with E-state index in [9.17, 15) is 4.79 Å². The Kier molecular flexibility index (Phi) is 15.0. The van der Waals surface area contributed by atoms with Gasteiger partial charge in [-0.3, -0.25) is 4.79 Å². The quantitative estimate of drug-likeness (QED) is 0.0788. The number of carbonyl (C=O) groups excluding carboxylic acids is 1. The van der Waals surface area contributed by atoms with Gasteiger partial charge in [-0.1, -0.05) is 92.0 Å². The average Bonchev–Trinajstić information content (AvgIpc) is 3.10. The number of rotatable bonds is 16. The van der Waals surface area contributed by atoms with E-state index in [2.05, 4.69) is 99.0 Å². The van der Waals surface area contributed by atoms with Gasteiger partial charge in [-0.25, -0.2) is 0 Å². The van der Waals surface area contributed by atoms with Crippen LogP contribution in [0, 0.1) is 11.8 Å². The molecule has 1 aliphatic rings. The zero-order valence-corrected chi connectivity index (χ0v) is 29.8. The Balaban J connectivity index is 3.23. The van der Waals surface area contributed by atoms with Gasteiger partial charge in [0.1, 0.15) is 0 Å². The molecule has 1 rings (SSSR count). The highest BCUT2D eigenvalue weighted by molar-refractivity contribution is 6.74. The molecule has 228 valence electrons. The zero-order chi connectivity index (χ0) is 29.9. The number of unbranched alkanes of at least 4 members (excludes halogenated alkanes) is 5. The van der Waals surface area contributed by atoms with Gasteiger partial charge >= 0.3 is 5.97 Å². The molecule has 0 aromatic rings. The summed E-state index contributed by atoms with van der Waals surface area (Å²) >= 11 is 0. The number of ether oxygens (including phenoxy) is 1. The van der Waals surface area contributed by atoms with Gasteiger partial charge in [-0.05, 0) is 80.7 Å². The third-order valence-electron chi connectivity index (χ3n) is 9.51. The third kappa shape index (κ3) is 12.0.